The molecule has 1 N–H and O–H groups in total. The lowest BCUT2D eigenvalue weighted by Crippen LogP contribution is -2.09. The number of hydrogen-bond donors (Lipinski definition) is 1. The Morgan fingerprint density at radius 1 is 1.18 bits per heavy atom. The minimum absolute atomic E-state index is 0.0981. The van der Waals surface area contributed by atoms with Gasteiger partial charge >= 0.3 is 0 Å². The SMILES string of the molecule is COCCCNc1oc(-c2cccc(C)c2)nc1S(=O)(=O)c1ccc(Cl)cc1. The van der Waals surface area contributed by atoms with E-state index in [9.17, 15) is 8.42 Å². The molecule has 8 heteroatoms. The minimum Gasteiger partial charge on any atom is -0.419 e. The van der Waals surface area contributed by atoms with Gasteiger partial charge in [0.15, 0.2) is 0 Å². The van der Waals surface area contributed by atoms with Gasteiger partial charge in [0.1, 0.15) is 0 Å². The van der Waals surface area contributed by atoms with E-state index in [1.807, 2.05) is 31.2 Å². The standard InChI is InChI=1S/C20H21ClN2O4S/c1-14-5-3-6-15(13-14)18-23-20(19(27-18)22-11-4-12-26-2)28(24,25)17-9-7-16(21)8-10-17/h3,5-10,13,22H,4,11-12H2,1-2H3. The van der Waals surface area contributed by atoms with Gasteiger partial charge in [0.25, 0.3) is 0 Å². The Bertz CT molecular complexity index is 1050. The maximum atomic E-state index is 13.1. The van der Waals surface area contributed by atoms with Gasteiger partial charge in [0, 0.05) is 30.8 Å². The topological polar surface area (TPSA) is 81.4 Å². The summed E-state index contributed by atoms with van der Waals surface area (Å²) in [6, 6.07) is 13.5. The molecule has 0 radical (unpaired) electrons. The number of ether oxygens (including phenoxy) is 1. The first-order chi connectivity index (χ1) is 13.4. The van der Waals surface area contributed by atoms with E-state index in [1.54, 1.807) is 7.11 Å². The molecule has 3 rings (SSSR count). The maximum absolute atomic E-state index is 13.1. The molecule has 0 unspecified atom stereocenters. The summed E-state index contributed by atoms with van der Waals surface area (Å²) in [6.07, 6.45) is 0.692. The first-order valence-electron chi connectivity index (χ1n) is 8.73. The summed E-state index contributed by atoms with van der Waals surface area (Å²) in [7, 11) is -2.27. The van der Waals surface area contributed by atoms with Crippen LogP contribution in [0.3, 0.4) is 0 Å². The fourth-order valence-electron chi connectivity index (χ4n) is 2.65. The predicted octanol–water partition coefficient (Wildman–Crippen LogP) is 4.58. The number of aryl methyl sites for hydroxylation is 1. The van der Waals surface area contributed by atoms with Gasteiger partial charge in [-0.1, -0.05) is 29.3 Å². The number of halogens is 1. The molecule has 0 aliphatic rings. The zero-order valence-corrected chi connectivity index (χ0v) is 17.2. The summed E-state index contributed by atoms with van der Waals surface area (Å²) in [6.45, 7) is 2.98. The third-order valence-corrected chi connectivity index (χ3v) is 5.98. The van der Waals surface area contributed by atoms with Crippen molar-refractivity contribution in [1.82, 2.24) is 4.98 Å². The van der Waals surface area contributed by atoms with E-state index in [2.05, 4.69) is 10.3 Å². The fraction of sp³-hybridized carbons (Fsp3) is 0.250. The molecule has 6 nitrogen and oxygen atoms in total. The van der Waals surface area contributed by atoms with Crippen LogP contribution < -0.4 is 5.32 Å². The third kappa shape index (κ3) is 4.55. The lowest BCUT2D eigenvalue weighted by Gasteiger charge is -2.06. The van der Waals surface area contributed by atoms with Crippen molar-refractivity contribution < 1.29 is 17.6 Å². The molecule has 0 spiro atoms. The Kier molecular flexibility index (Phi) is 6.39. The molecular formula is C20H21ClN2O4S. The van der Waals surface area contributed by atoms with Crippen LogP contribution in [0.4, 0.5) is 5.88 Å². The number of rotatable bonds is 8. The highest BCUT2D eigenvalue weighted by Gasteiger charge is 2.28. The van der Waals surface area contributed by atoms with Gasteiger partial charge in [-0.15, -0.1) is 0 Å². The molecule has 0 saturated heterocycles. The second kappa shape index (κ2) is 8.77. The van der Waals surface area contributed by atoms with E-state index in [0.29, 0.717) is 30.2 Å². The second-order valence-electron chi connectivity index (χ2n) is 6.25. The molecule has 28 heavy (non-hydrogen) atoms. The molecule has 0 atom stereocenters. The largest absolute Gasteiger partial charge is 0.419 e. The van der Waals surface area contributed by atoms with E-state index < -0.39 is 9.84 Å². The zero-order valence-electron chi connectivity index (χ0n) is 15.6. The number of oxazole rings is 1. The molecular weight excluding hydrogens is 400 g/mol. The van der Waals surface area contributed by atoms with Gasteiger partial charge < -0.3 is 14.5 Å². The van der Waals surface area contributed by atoms with E-state index >= 15 is 0 Å². The number of sulfone groups is 1. The Morgan fingerprint density at radius 2 is 1.93 bits per heavy atom. The number of nitrogens with zero attached hydrogens (tertiary/aromatic N) is 1. The summed E-state index contributed by atoms with van der Waals surface area (Å²) < 4.78 is 37.1. The molecule has 0 aliphatic heterocycles. The maximum Gasteiger partial charge on any atom is 0.233 e. The number of nitrogens with one attached hydrogen (secondary N) is 1. The van der Waals surface area contributed by atoms with E-state index in [0.717, 1.165) is 5.56 Å². The zero-order chi connectivity index (χ0) is 20.1. The number of hydrogen-bond acceptors (Lipinski definition) is 6. The number of anilines is 1. The van der Waals surface area contributed by atoms with Gasteiger partial charge in [-0.05, 0) is 49.7 Å². The summed E-state index contributed by atoms with van der Waals surface area (Å²) in [5.74, 6) is 0.355. The number of aromatic nitrogens is 1. The van der Waals surface area contributed by atoms with Crippen molar-refractivity contribution in [3.8, 4) is 11.5 Å². The predicted molar refractivity (Wildman–Crippen MR) is 109 cm³/mol. The monoisotopic (exact) mass is 420 g/mol. The lowest BCUT2D eigenvalue weighted by atomic mass is 10.1. The fourth-order valence-corrected chi connectivity index (χ4v) is 4.05. The quantitative estimate of drug-likeness (QED) is 0.537. The van der Waals surface area contributed by atoms with Crippen LogP contribution in [0, 0.1) is 6.92 Å². The van der Waals surface area contributed by atoms with E-state index in [1.165, 1.54) is 24.3 Å². The van der Waals surface area contributed by atoms with Crippen LogP contribution >= 0.6 is 11.6 Å². The van der Waals surface area contributed by atoms with Gasteiger partial charge in [0.05, 0.1) is 4.90 Å². The van der Waals surface area contributed by atoms with Crippen molar-refractivity contribution in [3.05, 3.63) is 59.1 Å². The molecule has 1 heterocycles. The first-order valence-corrected chi connectivity index (χ1v) is 10.6. The molecule has 148 valence electrons. The van der Waals surface area contributed by atoms with E-state index in [-0.39, 0.29) is 21.7 Å². The molecule has 3 aromatic rings. The smallest absolute Gasteiger partial charge is 0.233 e. The van der Waals surface area contributed by atoms with Crippen molar-refractivity contribution >= 4 is 27.3 Å². The van der Waals surface area contributed by atoms with Crippen molar-refractivity contribution in [2.45, 2.75) is 23.3 Å². The van der Waals surface area contributed by atoms with Crippen LogP contribution in [0.2, 0.25) is 5.02 Å². The highest BCUT2D eigenvalue weighted by Crippen LogP contribution is 2.33. The molecule has 0 aliphatic carbocycles. The summed E-state index contributed by atoms with van der Waals surface area (Å²) in [4.78, 5) is 4.41. The molecule has 0 amide bonds. The first kappa shape index (κ1) is 20.4. The second-order valence-corrected chi connectivity index (χ2v) is 8.55. The molecule has 2 aromatic carbocycles. The van der Waals surface area contributed by atoms with Crippen LogP contribution in [0.1, 0.15) is 12.0 Å². The van der Waals surface area contributed by atoms with Crippen molar-refractivity contribution in [3.63, 3.8) is 0 Å². The molecule has 0 saturated carbocycles. The minimum atomic E-state index is -3.88. The Labute approximate surface area is 169 Å². The van der Waals surface area contributed by atoms with Crippen LogP contribution in [0.25, 0.3) is 11.5 Å². The van der Waals surface area contributed by atoms with Crippen LogP contribution in [0.15, 0.2) is 62.9 Å². The summed E-state index contributed by atoms with van der Waals surface area (Å²) >= 11 is 5.88. The Balaban J connectivity index is 2.03. The van der Waals surface area contributed by atoms with Crippen molar-refractivity contribution in [2.24, 2.45) is 0 Å². The van der Waals surface area contributed by atoms with Gasteiger partial charge in [0.2, 0.25) is 26.6 Å². The van der Waals surface area contributed by atoms with Crippen LogP contribution in [0.5, 0.6) is 0 Å². The Morgan fingerprint density at radius 3 is 2.61 bits per heavy atom. The van der Waals surface area contributed by atoms with Gasteiger partial charge in [-0.25, -0.2) is 8.42 Å². The number of benzene rings is 2. The highest BCUT2D eigenvalue weighted by molar-refractivity contribution is 7.91. The lowest BCUT2D eigenvalue weighted by molar-refractivity contribution is 0.197. The van der Waals surface area contributed by atoms with Gasteiger partial charge in [-0.3, -0.25) is 0 Å². The molecule has 0 bridgehead atoms. The average molecular weight is 421 g/mol. The molecule has 1 aromatic heterocycles. The van der Waals surface area contributed by atoms with Crippen molar-refractivity contribution in [2.75, 3.05) is 25.6 Å². The highest BCUT2D eigenvalue weighted by atomic mass is 35.5. The summed E-state index contributed by atoms with van der Waals surface area (Å²) in [5, 5.41) is 3.33. The van der Waals surface area contributed by atoms with Gasteiger partial charge in [-0.2, -0.15) is 4.98 Å². The van der Waals surface area contributed by atoms with Crippen molar-refractivity contribution in [1.29, 1.82) is 0 Å². The Hall–Kier alpha value is -2.35. The molecule has 0 fully saturated rings. The third-order valence-electron chi connectivity index (χ3n) is 4.05. The summed E-state index contributed by atoms with van der Waals surface area (Å²) in [5.41, 5.74) is 1.73. The van der Waals surface area contributed by atoms with E-state index in [4.69, 9.17) is 20.8 Å². The number of methoxy groups -OCH3 is 1. The van der Waals surface area contributed by atoms with Crippen LogP contribution in [-0.2, 0) is 14.6 Å². The van der Waals surface area contributed by atoms with Crippen LogP contribution in [-0.4, -0.2) is 33.7 Å². The average Bonchev–Trinajstić information content (AvgIpc) is 3.11. The normalized spacial score (nSPS) is 11.5.